The molecule has 3 nitrogen and oxygen atoms in total. The Bertz CT molecular complexity index is 819. The van der Waals surface area contributed by atoms with Crippen molar-refractivity contribution < 1.29 is 10.6 Å². The number of rotatable bonds is 3. The second kappa shape index (κ2) is 5.61. The lowest BCUT2D eigenvalue weighted by molar-refractivity contribution is 0.0950. The maximum Gasteiger partial charge on any atom is 0.251 e. The Morgan fingerprint density at radius 2 is 2.24 bits per heavy atom. The molecule has 2 aromatic carbocycles. The van der Waals surface area contributed by atoms with Crippen molar-refractivity contribution in [3.05, 3.63) is 64.4 Å². The molecule has 1 heterocycles. The van der Waals surface area contributed by atoms with Gasteiger partial charge in [0.15, 0.2) is 0 Å². The molecule has 0 aliphatic heterocycles. The summed E-state index contributed by atoms with van der Waals surface area (Å²) in [5.74, 6) is -0.484. The fraction of sp³-hybridized carbons (Fsp3) is 0.125. The zero-order chi connectivity index (χ0) is 14.8. The maximum atomic E-state index is 13.9. The number of aryl methyl sites for hydroxylation is 1. The van der Waals surface area contributed by atoms with E-state index in [1.165, 1.54) is 11.3 Å². The van der Waals surface area contributed by atoms with Gasteiger partial charge in [-0.25, -0.2) is 9.37 Å². The van der Waals surface area contributed by atoms with Gasteiger partial charge in [-0.3, -0.25) is 4.79 Å². The minimum absolute atomic E-state index is 0. The molecule has 3 aromatic rings. The van der Waals surface area contributed by atoms with Gasteiger partial charge in [-0.05, 0) is 30.7 Å². The van der Waals surface area contributed by atoms with Crippen LogP contribution in [0.4, 0.5) is 4.39 Å². The second-order valence-corrected chi connectivity index (χ2v) is 5.65. The lowest BCUT2D eigenvalue weighted by atomic mass is 10.1. The highest BCUT2D eigenvalue weighted by Crippen LogP contribution is 2.19. The third kappa shape index (κ3) is 2.78. The summed E-state index contributed by atoms with van der Waals surface area (Å²) in [7, 11) is 0. The molecular weight excluding hydrogens is 287 g/mol. The van der Waals surface area contributed by atoms with Crippen molar-refractivity contribution in [2.75, 3.05) is 0 Å². The van der Waals surface area contributed by atoms with E-state index in [2.05, 4.69) is 10.3 Å². The number of nitrogens with one attached hydrogen (secondary N) is 1. The van der Waals surface area contributed by atoms with Crippen molar-refractivity contribution in [3.63, 3.8) is 0 Å². The number of hydrogen-bond acceptors (Lipinski definition) is 3. The molecule has 0 bridgehead atoms. The molecule has 108 valence electrons. The first-order valence-electron chi connectivity index (χ1n) is 6.50. The van der Waals surface area contributed by atoms with Gasteiger partial charge in [0.1, 0.15) is 5.82 Å². The van der Waals surface area contributed by atoms with Crippen LogP contribution < -0.4 is 5.32 Å². The standard InChI is InChI=1S/C16H13FN2OS.H2/c1-10-3-2-4-12(15(10)17)8-18-16(20)11-5-6-13-14(7-11)21-9-19-13;/h2-7,9H,8H2,1H3,(H,18,20);1H. The summed E-state index contributed by atoms with van der Waals surface area (Å²) in [5, 5.41) is 2.75. The number of thiazole rings is 1. The van der Waals surface area contributed by atoms with Gasteiger partial charge in [-0.15, -0.1) is 11.3 Å². The van der Waals surface area contributed by atoms with E-state index in [4.69, 9.17) is 0 Å². The zero-order valence-corrected chi connectivity index (χ0v) is 12.2. The Hall–Kier alpha value is -2.27. The molecule has 5 heteroatoms. The van der Waals surface area contributed by atoms with E-state index in [1.54, 1.807) is 42.8 Å². The quantitative estimate of drug-likeness (QED) is 0.796. The number of halogens is 1. The number of aromatic nitrogens is 1. The average Bonchev–Trinajstić information content (AvgIpc) is 2.96. The molecule has 0 fully saturated rings. The molecule has 0 aliphatic carbocycles. The van der Waals surface area contributed by atoms with Gasteiger partial charge >= 0.3 is 0 Å². The van der Waals surface area contributed by atoms with Crippen molar-refractivity contribution in [1.29, 1.82) is 0 Å². The third-order valence-electron chi connectivity index (χ3n) is 3.30. The second-order valence-electron chi connectivity index (χ2n) is 4.77. The average molecular weight is 302 g/mol. The van der Waals surface area contributed by atoms with Gasteiger partial charge in [0.05, 0.1) is 15.7 Å². The van der Waals surface area contributed by atoms with E-state index in [9.17, 15) is 9.18 Å². The fourth-order valence-corrected chi connectivity index (χ4v) is 2.83. The molecule has 0 unspecified atom stereocenters. The SMILES string of the molecule is Cc1cccc(CNC(=O)c2ccc3ncsc3c2)c1F.[HH]. The Labute approximate surface area is 126 Å². The van der Waals surface area contributed by atoms with Gasteiger partial charge in [0.25, 0.3) is 5.91 Å². The minimum Gasteiger partial charge on any atom is -0.348 e. The summed E-state index contributed by atoms with van der Waals surface area (Å²) in [4.78, 5) is 16.3. The number of hydrogen-bond donors (Lipinski definition) is 1. The third-order valence-corrected chi connectivity index (χ3v) is 4.10. The monoisotopic (exact) mass is 302 g/mol. The summed E-state index contributed by atoms with van der Waals surface area (Å²) < 4.78 is 14.8. The van der Waals surface area contributed by atoms with E-state index < -0.39 is 0 Å². The topological polar surface area (TPSA) is 42.0 Å². The van der Waals surface area contributed by atoms with Crippen molar-refractivity contribution in [2.45, 2.75) is 13.5 Å². The largest absolute Gasteiger partial charge is 0.348 e. The number of amides is 1. The molecule has 1 N–H and O–H groups in total. The molecule has 1 aromatic heterocycles. The molecule has 0 radical (unpaired) electrons. The van der Waals surface area contributed by atoms with Crippen LogP contribution in [-0.2, 0) is 6.54 Å². The highest BCUT2D eigenvalue weighted by Gasteiger charge is 2.09. The summed E-state index contributed by atoms with van der Waals surface area (Å²) in [5.41, 5.74) is 4.24. The van der Waals surface area contributed by atoms with Crippen LogP contribution in [0, 0.1) is 12.7 Å². The van der Waals surface area contributed by atoms with Crippen LogP contribution in [0.2, 0.25) is 0 Å². The van der Waals surface area contributed by atoms with E-state index in [-0.39, 0.29) is 19.7 Å². The van der Waals surface area contributed by atoms with Crippen molar-refractivity contribution in [2.24, 2.45) is 0 Å². The number of benzene rings is 2. The predicted molar refractivity (Wildman–Crippen MR) is 84.0 cm³/mol. The lowest BCUT2D eigenvalue weighted by Gasteiger charge is -2.08. The minimum atomic E-state index is -0.268. The molecule has 21 heavy (non-hydrogen) atoms. The smallest absolute Gasteiger partial charge is 0.251 e. The summed E-state index contributed by atoms with van der Waals surface area (Å²) >= 11 is 1.49. The van der Waals surface area contributed by atoms with Crippen LogP contribution in [0.5, 0.6) is 0 Å². The molecule has 0 spiro atoms. The van der Waals surface area contributed by atoms with Crippen LogP contribution in [-0.4, -0.2) is 10.9 Å². The number of nitrogens with zero attached hydrogens (tertiary/aromatic N) is 1. The van der Waals surface area contributed by atoms with Gasteiger partial charge in [-0.2, -0.15) is 0 Å². The molecule has 1 amide bonds. The Morgan fingerprint density at radius 3 is 3.10 bits per heavy atom. The molecule has 0 saturated heterocycles. The van der Waals surface area contributed by atoms with Gasteiger partial charge in [-0.1, -0.05) is 18.2 Å². The number of carbonyl (C=O) groups excluding carboxylic acids is 1. The number of fused-ring (bicyclic) bond motifs is 1. The lowest BCUT2D eigenvalue weighted by Crippen LogP contribution is -2.23. The zero-order valence-electron chi connectivity index (χ0n) is 11.4. The molecule has 0 saturated carbocycles. The summed E-state index contributed by atoms with van der Waals surface area (Å²) in [6, 6.07) is 10.5. The molecule has 0 atom stereocenters. The van der Waals surface area contributed by atoms with Crippen LogP contribution in [0.1, 0.15) is 22.9 Å². The first-order valence-corrected chi connectivity index (χ1v) is 7.38. The Kier molecular flexibility index (Phi) is 3.66. The van der Waals surface area contributed by atoms with Crippen molar-refractivity contribution in [3.8, 4) is 0 Å². The Morgan fingerprint density at radius 1 is 1.38 bits per heavy atom. The molecular formula is C16H15FN2OS. The van der Waals surface area contributed by atoms with E-state index in [1.807, 2.05) is 6.07 Å². The van der Waals surface area contributed by atoms with Crippen molar-refractivity contribution in [1.82, 2.24) is 10.3 Å². The highest BCUT2D eigenvalue weighted by atomic mass is 32.1. The molecule has 0 aliphatic rings. The number of carbonyl (C=O) groups is 1. The summed E-state index contributed by atoms with van der Waals surface area (Å²) in [6.07, 6.45) is 0. The van der Waals surface area contributed by atoms with Gasteiger partial charge in [0, 0.05) is 19.1 Å². The maximum absolute atomic E-state index is 13.9. The highest BCUT2D eigenvalue weighted by molar-refractivity contribution is 7.16. The van der Waals surface area contributed by atoms with Gasteiger partial charge in [0.2, 0.25) is 0 Å². The normalized spacial score (nSPS) is 10.8. The van der Waals surface area contributed by atoms with Crippen LogP contribution in [0.3, 0.4) is 0 Å². The van der Waals surface area contributed by atoms with E-state index in [0.29, 0.717) is 16.7 Å². The van der Waals surface area contributed by atoms with Crippen LogP contribution in [0.15, 0.2) is 41.9 Å². The first kappa shape index (κ1) is 13.7. The predicted octanol–water partition coefficient (Wildman–Crippen LogP) is 3.92. The Balaban J connectivity index is 0.00000176. The first-order chi connectivity index (χ1) is 10.1. The molecule has 3 rings (SSSR count). The van der Waals surface area contributed by atoms with Crippen LogP contribution >= 0.6 is 11.3 Å². The van der Waals surface area contributed by atoms with Gasteiger partial charge < -0.3 is 5.32 Å². The van der Waals surface area contributed by atoms with Crippen LogP contribution in [0.25, 0.3) is 10.2 Å². The van der Waals surface area contributed by atoms with E-state index >= 15 is 0 Å². The van der Waals surface area contributed by atoms with Crippen molar-refractivity contribution >= 4 is 27.5 Å². The fourth-order valence-electron chi connectivity index (χ4n) is 2.12. The summed E-state index contributed by atoms with van der Waals surface area (Å²) in [6.45, 7) is 1.88. The van der Waals surface area contributed by atoms with E-state index in [0.717, 1.165) is 10.2 Å².